The van der Waals surface area contributed by atoms with Gasteiger partial charge in [0.05, 0.1) is 23.5 Å². The maximum atomic E-state index is 12.2. The predicted molar refractivity (Wildman–Crippen MR) is 93.4 cm³/mol. The highest BCUT2D eigenvalue weighted by molar-refractivity contribution is 7.15. The van der Waals surface area contributed by atoms with E-state index in [9.17, 15) is 14.4 Å². The molecule has 132 valence electrons. The molecule has 2 aromatic rings. The van der Waals surface area contributed by atoms with Crippen LogP contribution in [-0.4, -0.2) is 31.3 Å². The minimum absolute atomic E-state index is 0.116. The number of rotatable bonds is 6. The SMILES string of the molecule is CCOc1ccc(C(=O)NNC(=O)c2ccc(C(C)=O)s2)cc1OC. The number of hydrogen-bond acceptors (Lipinski definition) is 6. The van der Waals surface area contributed by atoms with E-state index in [0.717, 1.165) is 11.3 Å². The Morgan fingerprint density at radius 2 is 1.68 bits per heavy atom. The van der Waals surface area contributed by atoms with Crippen molar-refractivity contribution in [2.75, 3.05) is 13.7 Å². The maximum Gasteiger partial charge on any atom is 0.279 e. The van der Waals surface area contributed by atoms with Crippen LogP contribution in [0.2, 0.25) is 0 Å². The average molecular weight is 362 g/mol. The Bertz CT molecular complexity index is 800. The zero-order chi connectivity index (χ0) is 18.4. The highest BCUT2D eigenvalue weighted by atomic mass is 32.1. The van der Waals surface area contributed by atoms with E-state index in [1.165, 1.54) is 26.2 Å². The summed E-state index contributed by atoms with van der Waals surface area (Å²) in [5.41, 5.74) is 4.94. The number of ketones is 1. The van der Waals surface area contributed by atoms with Crippen molar-refractivity contribution in [3.05, 3.63) is 45.6 Å². The van der Waals surface area contributed by atoms with Crippen LogP contribution in [0.3, 0.4) is 0 Å². The van der Waals surface area contributed by atoms with Crippen LogP contribution in [0.4, 0.5) is 0 Å². The van der Waals surface area contributed by atoms with Crippen molar-refractivity contribution < 1.29 is 23.9 Å². The monoisotopic (exact) mass is 362 g/mol. The van der Waals surface area contributed by atoms with Crippen molar-refractivity contribution in [3.8, 4) is 11.5 Å². The molecule has 0 aliphatic heterocycles. The first-order chi connectivity index (χ1) is 12.0. The minimum Gasteiger partial charge on any atom is -0.493 e. The molecule has 2 rings (SSSR count). The van der Waals surface area contributed by atoms with Gasteiger partial charge >= 0.3 is 0 Å². The molecule has 0 bridgehead atoms. The van der Waals surface area contributed by atoms with Crippen molar-refractivity contribution in [1.29, 1.82) is 0 Å². The fourth-order valence-corrected chi connectivity index (χ4v) is 2.78. The molecule has 0 atom stereocenters. The van der Waals surface area contributed by atoms with Crippen molar-refractivity contribution in [2.45, 2.75) is 13.8 Å². The molecule has 1 heterocycles. The zero-order valence-electron chi connectivity index (χ0n) is 14.0. The van der Waals surface area contributed by atoms with Crippen molar-refractivity contribution in [3.63, 3.8) is 0 Å². The lowest BCUT2D eigenvalue weighted by Crippen LogP contribution is -2.41. The molecule has 8 heteroatoms. The smallest absolute Gasteiger partial charge is 0.279 e. The summed E-state index contributed by atoms with van der Waals surface area (Å²) >= 11 is 1.06. The Morgan fingerprint density at radius 1 is 1.00 bits per heavy atom. The van der Waals surface area contributed by atoms with Gasteiger partial charge in [0.1, 0.15) is 0 Å². The van der Waals surface area contributed by atoms with Gasteiger partial charge in [-0.25, -0.2) is 0 Å². The molecule has 0 radical (unpaired) electrons. The van der Waals surface area contributed by atoms with Crippen LogP contribution >= 0.6 is 11.3 Å². The standard InChI is InChI=1S/C17H18N2O5S/c1-4-24-12-6-5-11(9-13(12)23-3)16(21)18-19-17(22)15-8-7-14(25-15)10(2)20/h5-9H,4H2,1-3H3,(H,18,21)(H,19,22). The first kappa shape index (κ1) is 18.5. The molecular weight excluding hydrogens is 344 g/mol. The molecular formula is C17H18N2O5S. The summed E-state index contributed by atoms with van der Waals surface area (Å²) in [5, 5.41) is 0. The zero-order valence-corrected chi connectivity index (χ0v) is 14.9. The lowest BCUT2D eigenvalue weighted by Gasteiger charge is -2.11. The van der Waals surface area contributed by atoms with Crippen LogP contribution in [0, 0.1) is 0 Å². The summed E-state index contributed by atoms with van der Waals surface area (Å²) in [6.07, 6.45) is 0. The maximum absolute atomic E-state index is 12.2. The van der Waals surface area contributed by atoms with Crippen LogP contribution in [-0.2, 0) is 0 Å². The molecule has 25 heavy (non-hydrogen) atoms. The topological polar surface area (TPSA) is 93.7 Å². The van der Waals surface area contributed by atoms with Crippen molar-refractivity contribution in [1.82, 2.24) is 10.9 Å². The summed E-state index contributed by atoms with van der Waals surface area (Å²) in [4.78, 5) is 36.2. The van der Waals surface area contributed by atoms with Gasteiger partial charge in [-0.15, -0.1) is 11.3 Å². The number of hydrogen-bond donors (Lipinski definition) is 2. The summed E-state index contributed by atoms with van der Waals surface area (Å²) in [6.45, 7) is 3.74. The number of hydrazine groups is 1. The molecule has 0 spiro atoms. The van der Waals surface area contributed by atoms with E-state index in [4.69, 9.17) is 9.47 Å². The van der Waals surface area contributed by atoms with E-state index in [2.05, 4.69) is 10.9 Å². The van der Waals surface area contributed by atoms with Gasteiger partial charge in [-0.05, 0) is 44.2 Å². The molecule has 0 fully saturated rings. The summed E-state index contributed by atoms with van der Waals surface area (Å²) in [5.74, 6) is -0.164. The molecule has 1 aromatic heterocycles. The Morgan fingerprint density at radius 3 is 2.28 bits per heavy atom. The number of nitrogens with one attached hydrogen (secondary N) is 2. The number of carbonyl (C=O) groups is 3. The minimum atomic E-state index is -0.502. The second kappa shape index (κ2) is 8.29. The van der Waals surface area contributed by atoms with Crippen molar-refractivity contribution in [2.24, 2.45) is 0 Å². The molecule has 0 aliphatic rings. The number of ether oxygens (including phenoxy) is 2. The van der Waals surface area contributed by atoms with E-state index in [1.54, 1.807) is 18.2 Å². The van der Waals surface area contributed by atoms with E-state index in [-0.39, 0.29) is 5.78 Å². The number of amides is 2. The van der Waals surface area contributed by atoms with Crippen LogP contribution in [0.5, 0.6) is 11.5 Å². The van der Waals surface area contributed by atoms with Crippen LogP contribution < -0.4 is 20.3 Å². The van der Waals surface area contributed by atoms with Gasteiger partial charge in [-0.3, -0.25) is 25.2 Å². The quantitative estimate of drug-likeness (QED) is 0.608. The van der Waals surface area contributed by atoms with Gasteiger partial charge in [-0.1, -0.05) is 0 Å². The fourth-order valence-electron chi connectivity index (χ4n) is 1.98. The van der Waals surface area contributed by atoms with Gasteiger partial charge in [-0.2, -0.15) is 0 Å². The molecule has 0 saturated heterocycles. The molecule has 0 saturated carbocycles. The van der Waals surface area contributed by atoms with Gasteiger partial charge in [0.2, 0.25) is 0 Å². The summed E-state index contributed by atoms with van der Waals surface area (Å²) in [7, 11) is 1.48. The largest absolute Gasteiger partial charge is 0.493 e. The third-order valence-corrected chi connectivity index (χ3v) is 4.38. The first-order valence-corrected chi connectivity index (χ1v) is 8.30. The molecule has 7 nitrogen and oxygen atoms in total. The van der Waals surface area contributed by atoms with Gasteiger partial charge in [0.25, 0.3) is 11.8 Å². The molecule has 2 N–H and O–H groups in total. The highest BCUT2D eigenvalue weighted by Gasteiger charge is 2.14. The van der Waals surface area contributed by atoms with Gasteiger partial charge < -0.3 is 9.47 Å². The van der Waals surface area contributed by atoms with Gasteiger partial charge in [0.15, 0.2) is 17.3 Å². The van der Waals surface area contributed by atoms with Crippen molar-refractivity contribution >= 4 is 28.9 Å². The summed E-state index contributed by atoms with van der Waals surface area (Å²) in [6, 6.07) is 7.81. The molecule has 2 amide bonds. The summed E-state index contributed by atoms with van der Waals surface area (Å²) < 4.78 is 10.6. The Kier molecular flexibility index (Phi) is 6.13. The Balaban J connectivity index is 2.01. The fraction of sp³-hybridized carbons (Fsp3) is 0.235. The lowest BCUT2D eigenvalue weighted by molar-refractivity contribution is 0.0848. The number of carbonyl (C=O) groups excluding carboxylic acids is 3. The van der Waals surface area contributed by atoms with E-state index in [1.807, 2.05) is 6.92 Å². The van der Waals surface area contributed by atoms with E-state index in [0.29, 0.717) is 33.4 Å². The van der Waals surface area contributed by atoms with Gasteiger partial charge in [0, 0.05) is 5.56 Å². The predicted octanol–water partition coefficient (Wildman–Crippen LogP) is 2.43. The second-order valence-corrected chi connectivity index (χ2v) is 6.01. The third-order valence-electron chi connectivity index (χ3n) is 3.19. The van der Waals surface area contributed by atoms with Crippen LogP contribution in [0.15, 0.2) is 30.3 Å². The number of benzene rings is 1. The number of Topliss-reactive ketones (excluding diaryl/α,β-unsaturated/α-hetero) is 1. The Labute approximate surface area is 148 Å². The number of thiophene rings is 1. The molecule has 1 aromatic carbocycles. The molecule has 0 aliphatic carbocycles. The first-order valence-electron chi connectivity index (χ1n) is 7.48. The second-order valence-electron chi connectivity index (χ2n) is 4.93. The molecule has 0 unspecified atom stereocenters. The van der Waals surface area contributed by atoms with Crippen LogP contribution in [0.25, 0.3) is 0 Å². The normalized spacial score (nSPS) is 10.0. The lowest BCUT2D eigenvalue weighted by atomic mass is 10.2. The highest BCUT2D eigenvalue weighted by Crippen LogP contribution is 2.27. The average Bonchev–Trinajstić information content (AvgIpc) is 3.10. The van der Waals surface area contributed by atoms with E-state index >= 15 is 0 Å². The van der Waals surface area contributed by atoms with Crippen LogP contribution in [0.1, 0.15) is 43.5 Å². The Hall–Kier alpha value is -2.87. The third kappa shape index (κ3) is 4.57. The number of methoxy groups -OCH3 is 1. The van der Waals surface area contributed by atoms with E-state index < -0.39 is 11.8 Å².